The molecule has 0 atom stereocenters. The van der Waals surface area contributed by atoms with E-state index in [1.807, 2.05) is 30.3 Å². The fourth-order valence-corrected chi connectivity index (χ4v) is 2.25. The Morgan fingerprint density at radius 2 is 2.06 bits per heavy atom. The average Bonchev–Trinajstić information content (AvgIpc) is 2.46. The smallest absolute Gasteiger partial charge is 0.156 e. The lowest BCUT2D eigenvalue weighted by Gasteiger charge is -2.07. The first-order chi connectivity index (χ1) is 8.24. The molecule has 1 N–H and O–H groups in total. The highest BCUT2D eigenvalue weighted by atomic mass is 79.9. The van der Waals surface area contributed by atoms with Gasteiger partial charge in [0.15, 0.2) is 5.82 Å². The molecule has 0 fully saturated rings. The standard InChI is InChI=1S/C12H7BrClN3/c13-7-5-10-12(15-6-7)17-9-4-2-1-3-8(9)11(14)16-10/h1-6H,(H,15,17). The van der Waals surface area contributed by atoms with Crippen molar-refractivity contribution >= 4 is 49.9 Å². The number of nitrogens with zero attached hydrogens (tertiary/aromatic N) is 2. The van der Waals surface area contributed by atoms with Gasteiger partial charge in [-0.2, -0.15) is 0 Å². The van der Waals surface area contributed by atoms with Gasteiger partial charge in [0.2, 0.25) is 0 Å². The van der Waals surface area contributed by atoms with Crippen LogP contribution in [0.25, 0.3) is 0 Å². The Morgan fingerprint density at radius 1 is 1.24 bits per heavy atom. The van der Waals surface area contributed by atoms with Gasteiger partial charge in [0.05, 0.1) is 5.69 Å². The van der Waals surface area contributed by atoms with Crippen LogP contribution < -0.4 is 5.32 Å². The number of pyridine rings is 1. The quantitative estimate of drug-likeness (QED) is 0.791. The third-order valence-corrected chi connectivity index (χ3v) is 3.18. The summed E-state index contributed by atoms with van der Waals surface area (Å²) in [7, 11) is 0. The van der Waals surface area contributed by atoms with E-state index in [-0.39, 0.29) is 0 Å². The van der Waals surface area contributed by atoms with Crippen LogP contribution in [0.2, 0.25) is 0 Å². The first-order valence-corrected chi connectivity index (χ1v) is 6.17. The van der Waals surface area contributed by atoms with Gasteiger partial charge in [-0.25, -0.2) is 9.98 Å². The molecule has 1 aromatic heterocycles. The van der Waals surface area contributed by atoms with Crippen LogP contribution in [0.1, 0.15) is 5.56 Å². The Balaban J connectivity index is 2.24. The topological polar surface area (TPSA) is 37.3 Å². The first kappa shape index (κ1) is 10.7. The number of para-hydroxylation sites is 1. The summed E-state index contributed by atoms with van der Waals surface area (Å²) in [5, 5.41) is 3.69. The normalized spacial score (nSPS) is 12.9. The molecule has 5 heteroatoms. The molecule has 3 rings (SSSR count). The van der Waals surface area contributed by atoms with Crippen molar-refractivity contribution in [1.29, 1.82) is 0 Å². The van der Waals surface area contributed by atoms with E-state index in [4.69, 9.17) is 11.6 Å². The largest absolute Gasteiger partial charge is 0.338 e. The Hall–Kier alpha value is -1.39. The molecule has 0 saturated heterocycles. The summed E-state index contributed by atoms with van der Waals surface area (Å²) in [6.07, 6.45) is 1.73. The maximum Gasteiger partial charge on any atom is 0.156 e. The highest BCUT2D eigenvalue weighted by Gasteiger charge is 2.15. The minimum Gasteiger partial charge on any atom is -0.338 e. The molecule has 0 saturated carbocycles. The van der Waals surface area contributed by atoms with Gasteiger partial charge in [-0.15, -0.1) is 0 Å². The van der Waals surface area contributed by atoms with Gasteiger partial charge >= 0.3 is 0 Å². The van der Waals surface area contributed by atoms with Crippen molar-refractivity contribution in [2.75, 3.05) is 5.32 Å². The van der Waals surface area contributed by atoms with Crippen molar-refractivity contribution in [2.24, 2.45) is 4.99 Å². The van der Waals surface area contributed by atoms with E-state index in [0.717, 1.165) is 21.4 Å². The maximum atomic E-state index is 6.20. The molecule has 0 bridgehead atoms. The second-order valence-electron chi connectivity index (χ2n) is 3.59. The molecule has 2 heterocycles. The minimum atomic E-state index is 0.465. The van der Waals surface area contributed by atoms with Crippen LogP contribution in [-0.2, 0) is 0 Å². The van der Waals surface area contributed by atoms with Crippen molar-refractivity contribution in [2.45, 2.75) is 0 Å². The SMILES string of the molecule is ClC1=Nc2cc(Br)cnc2Nc2ccccc21. The zero-order chi connectivity index (χ0) is 11.8. The van der Waals surface area contributed by atoms with Crippen LogP contribution in [0.15, 0.2) is 46.0 Å². The van der Waals surface area contributed by atoms with Gasteiger partial charge in [0.25, 0.3) is 0 Å². The molecule has 0 aliphatic carbocycles. The number of aliphatic imine (C=N–C) groups is 1. The van der Waals surface area contributed by atoms with Crippen molar-refractivity contribution in [3.8, 4) is 0 Å². The Kier molecular flexibility index (Phi) is 2.61. The molecular weight excluding hydrogens is 302 g/mol. The molecule has 3 nitrogen and oxygen atoms in total. The molecule has 2 aromatic rings. The number of benzene rings is 1. The zero-order valence-electron chi connectivity index (χ0n) is 8.61. The number of hydrogen-bond donors (Lipinski definition) is 1. The summed E-state index contributed by atoms with van der Waals surface area (Å²) >= 11 is 9.57. The van der Waals surface area contributed by atoms with Crippen molar-refractivity contribution in [1.82, 2.24) is 4.98 Å². The van der Waals surface area contributed by atoms with Crippen LogP contribution in [0.3, 0.4) is 0 Å². The van der Waals surface area contributed by atoms with Crippen molar-refractivity contribution in [3.63, 3.8) is 0 Å². The number of hydrogen-bond acceptors (Lipinski definition) is 3. The molecule has 0 unspecified atom stereocenters. The number of anilines is 2. The number of nitrogens with one attached hydrogen (secondary N) is 1. The molecular formula is C12H7BrClN3. The third-order valence-electron chi connectivity index (χ3n) is 2.46. The van der Waals surface area contributed by atoms with Crippen LogP contribution >= 0.6 is 27.5 Å². The van der Waals surface area contributed by atoms with E-state index in [2.05, 4.69) is 31.2 Å². The molecule has 1 aliphatic rings. The number of halogens is 2. The predicted octanol–water partition coefficient (Wildman–Crippen LogP) is 4.22. The fraction of sp³-hybridized carbons (Fsp3) is 0. The summed E-state index contributed by atoms with van der Waals surface area (Å²) in [6, 6.07) is 9.63. The van der Waals surface area contributed by atoms with Gasteiger partial charge in [0, 0.05) is 16.2 Å². The van der Waals surface area contributed by atoms with Crippen LogP contribution in [0.5, 0.6) is 0 Å². The molecule has 0 radical (unpaired) electrons. The van der Waals surface area contributed by atoms with E-state index in [1.165, 1.54) is 0 Å². The maximum absolute atomic E-state index is 6.20. The second-order valence-corrected chi connectivity index (χ2v) is 4.87. The Labute approximate surface area is 112 Å². The molecule has 17 heavy (non-hydrogen) atoms. The van der Waals surface area contributed by atoms with E-state index in [9.17, 15) is 0 Å². The van der Waals surface area contributed by atoms with Crippen LogP contribution in [0, 0.1) is 0 Å². The van der Waals surface area contributed by atoms with E-state index < -0.39 is 0 Å². The van der Waals surface area contributed by atoms with Crippen molar-refractivity contribution < 1.29 is 0 Å². The lowest BCUT2D eigenvalue weighted by atomic mass is 10.2. The monoisotopic (exact) mass is 307 g/mol. The molecule has 1 aromatic carbocycles. The molecule has 1 aliphatic heterocycles. The van der Waals surface area contributed by atoms with Crippen LogP contribution in [0.4, 0.5) is 17.2 Å². The second kappa shape index (κ2) is 4.13. The Morgan fingerprint density at radius 3 is 2.94 bits per heavy atom. The minimum absolute atomic E-state index is 0.465. The third kappa shape index (κ3) is 1.94. The predicted molar refractivity (Wildman–Crippen MR) is 73.7 cm³/mol. The van der Waals surface area contributed by atoms with E-state index >= 15 is 0 Å². The number of aromatic nitrogens is 1. The zero-order valence-corrected chi connectivity index (χ0v) is 11.0. The average molecular weight is 309 g/mol. The van der Waals surface area contributed by atoms with Gasteiger partial charge in [-0.3, -0.25) is 0 Å². The summed E-state index contributed by atoms with van der Waals surface area (Å²) < 4.78 is 0.872. The fourth-order valence-electron chi connectivity index (χ4n) is 1.68. The summed E-state index contributed by atoms with van der Waals surface area (Å²) in [6.45, 7) is 0. The highest BCUT2D eigenvalue weighted by molar-refractivity contribution is 9.10. The summed E-state index contributed by atoms with van der Waals surface area (Å²) in [4.78, 5) is 8.66. The van der Waals surface area contributed by atoms with Crippen molar-refractivity contribution in [3.05, 3.63) is 46.6 Å². The molecule has 84 valence electrons. The van der Waals surface area contributed by atoms with Gasteiger partial charge in [0.1, 0.15) is 10.9 Å². The van der Waals surface area contributed by atoms with Gasteiger partial charge in [-0.1, -0.05) is 23.7 Å². The lowest BCUT2D eigenvalue weighted by molar-refractivity contribution is 1.28. The van der Waals surface area contributed by atoms with Gasteiger partial charge < -0.3 is 5.32 Å². The van der Waals surface area contributed by atoms with E-state index in [0.29, 0.717) is 11.0 Å². The number of fused-ring (bicyclic) bond motifs is 2. The molecule has 0 amide bonds. The lowest BCUT2D eigenvalue weighted by Crippen LogP contribution is -1.96. The first-order valence-electron chi connectivity index (χ1n) is 5.00. The van der Waals surface area contributed by atoms with Gasteiger partial charge in [-0.05, 0) is 34.1 Å². The molecule has 0 spiro atoms. The van der Waals surface area contributed by atoms with Crippen LogP contribution in [-0.4, -0.2) is 10.2 Å². The Bertz CT molecular complexity index is 625. The van der Waals surface area contributed by atoms with E-state index in [1.54, 1.807) is 6.20 Å². The highest BCUT2D eigenvalue weighted by Crippen LogP contribution is 2.34. The summed E-state index contributed by atoms with van der Waals surface area (Å²) in [5.41, 5.74) is 2.51. The summed E-state index contributed by atoms with van der Waals surface area (Å²) in [5.74, 6) is 0.705. The number of rotatable bonds is 0.